The Morgan fingerprint density at radius 2 is 1.65 bits per heavy atom. The van der Waals surface area contributed by atoms with Gasteiger partial charge in [-0.15, -0.1) is 0 Å². The van der Waals surface area contributed by atoms with E-state index in [0.29, 0.717) is 12.8 Å². The Bertz CT molecular complexity index is 984. The number of aliphatic imine (C=N–C) groups is 1. The van der Waals surface area contributed by atoms with E-state index in [1.807, 2.05) is 60.7 Å². The molecule has 3 rings (SSSR count). The highest BCUT2D eigenvalue weighted by Crippen LogP contribution is 2.19. The summed E-state index contributed by atoms with van der Waals surface area (Å²) in [4.78, 5) is 40.1. The zero-order chi connectivity index (χ0) is 22.1. The third kappa shape index (κ3) is 6.64. The van der Waals surface area contributed by atoms with E-state index >= 15 is 0 Å². The molecule has 1 heterocycles. The maximum absolute atomic E-state index is 12.4. The van der Waals surface area contributed by atoms with Gasteiger partial charge in [0.25, 0.3) is 0 Å². The summed E-state index contributed by atoms with van der Waals surface area (Å²) in [5, 5.41) is 2.70. The fraction of sp³-hybridized carbons (Fsp3) is 0.250. The molecule has 2 aromatic carbocycles. The van der Waals surface area contributed by atoms with Gasteiger partial charge in [-0.2, -0.15) is 0 Å². The van der Waals surface area contributed by atoms with Gasteiger partial charge in [-0.3, -0.25) is 4.79 Å². The van der Waals surface area contributed by atoms with Crippen LogP contribution in [0.25, 0.3) is 0 Å². The highest BCUT2D eigenvalue weighted by molar-refractivity contribution is 6.35. The summed E-state index contributed by atoms with van der Waals surface area (Å²) < 4.78 is 10.4. The zero-order valence-electron chi connectivity index (χ0n) is 17.2. The Labute approximate surface area is 180 Å². The van der Waals surface area contributed by atoms with Gasteiger partial charge in [0.2, 0.25) is 11.7 Å². The summed E-state index contributed by atoms with van der Waals surface area (Å²) in [5.41, 5.74) is 2.89. The van der Waals surface area contributed by atoms with E-state index in [1.54, 1.807) is 13.1 Å². The van der Waals surface area contributed by atoms with E-state index in [1.165, 1.54) is 0 Å². The van der Waals surface area contributed by atoms with Crippen molar-refractivity contribution in [3.8, 4) is 0 Å². The van der Waals surface area contributed by atoms with Crippen LogP contribution in [0.3, 0.4) is 0 Å². The molecule has 1 aliphatic rings. The maximum Gasteiger partial charge on any atom is 0.408 e. The average molecular weight is 420 g/mol. The first-order chi connectivity index (χ1) is 15.0. The average Bonchev–Trinajstić information content (AvgIpc) is 2.80. The molecule has 0 saturated carbocycles. The summed E-state index contributed by atoms with van der Waals surface area (Å²) in [5.74, 6) is -1.68. The van der Waals surface area contributed by atoms with Crippen LogP contribution in [-0.4, -0.2) is 29.8 Å². The first-order valence-electron chi connectivity index (χ1n) is 10.1. The van der Waals surface area contributed by atoms with Crippen LogP contribution in [0.2, 0.25) is 0 Å². The van der Waals surface area contributed by atoms with E-state index in [2.05, 4.69) is 10.3 Å². The van der Waals surface area contributed by atoms with Crippen molar-refractivity contribution in [2.45, 2.75) is 38.8 Å². The first-order valence-corrected chi connectivity index (χ1v) is 10.1. The number of benzene rings is 2. The highest BCUT2D eigenvalue weighted by atomic mass is 16.6. The number of esters is 1. The van der Waals surface area contributed by atoms with Crippen LogP contribution >= 0.6 is 0 Å². The molecule has 1 aliphatic heterocycles. The Morgan fingerprint density at radius 3 is 2.29 bits per heavy atom. The number of carbonyl (C=O) groups is 3. The molecule has 1 atom stereocenters. The summed E-state index contributed by atoms with van der Waals surface area (Å²) in [6, 6.07) is 18.4. The molecule has 0 aromatic heterocycles. The molecule has 0 bridgehead atoms. The Morgan fingerprint density at radius 1 is 1.00 bits per heavy atom. The number of Topliss-reactive ketones (excluding diaryl/α,β-unsaturated/α-hetero) is 1. The Kier molecular flexibility index (Phi) is 7.70. The molecule has 2 aromatic rings. The topological polar surface area (TPSA) is 94.1 Å². The van der Waals surface area contributed by atoms with Gasteiger partial charge < -0.3 is 14.8 Å². The van der Waals surface area contributed by atoms with Gasteiger partial charge in [-0.25, -0.2) is 14.6 Å². The molecule has 7 heteroatoms. The van der Waals surface area contributed by atoms with Crippen molar-refractivity contribution < 1.29 is 23.9 Å². The van der Waals surface area contributed by atoms with Crippen molar-refractivity contribution in [3.05, 3.63) is 83.6 Å². The second-order valence-electron chi connectivity index (χ2n) is 7.05. The number of rotatable bonds is 7. The molecule has 7 nitrogen and oxygen atoms in total. The molecule has 1 unspecified atom stereocenters. The highest BCUT2D eigenvalue weighted by Gasteiger charge is 2.28. The number of carbonyl (C=O) groups excluding carboxylic acids is 3. The smallest absolute Gasteiger partial charge is 0.408 e. The maximum atomic E-state index is 12.4. The fourth-order valence-electron chi connectivity index (χ4n) is 3.04. The van der Waals surface area contributed by atoms with Crippen LogP contribution in [0, 0.1) is 0 Å². The SMILES string of the molecule is CCC(=O)C(=O)OC1=NC=C(Cc2ccccc2)CC1NC(=O)OCc1ccccc1. The second kappa shape index (κ2) is 10.9. The van der Waals surface area contributed by atoms with E-state index in [4.69, 9.17) is 9.47 Å². The standard InChI is InChI=1S/C24H24N2O5/c1-2-21(27)23(28)31-22-20(26-24(29)30-16-18-11-7-4-8-12-18)14-19(15-25-22)13-17-9-5-3-6-10-17/h3-12,15,20H,2,13-14,16H2,1H3,(H,26,29). The molecule has 31 heavy (non-hydrogen) atoms. The number of nitrogens with one attached hydrogen (secondary N) is 1. The van der Waals surface area contributed by atoms with Gasteiger partial charge in [0.15, 0.2) is 0 Å². The van der Waals surface area contributed by atoms with Gasteiger partial charge in [0.05, 0.1) is 0 Å². The van der Waals surface area contributed by atoms with E-state index < -0.39 is 23.9 Å². The predicted molar refractivity (Wildman–Crippen MR) is 115 cm³/mol. The summed E-state index contributed by atoms with van der Waals surface area (Å²) in [7, 11) is 0. The number of amides is 1. The van der Waals surface area contributed by atoms with Crippen molar-refractivity contribution in [1.82, 2.24) is 5.32 Å². The number of alkyl carbamates (subject to hydrolysis) is 1. The van der Waals surface area contributed by atoms with Crippen LogP contribution in [0.4, 0.5) is 4.79 Å². The van der Waals surface area contributed by atoms with Crippen LogP contribution in [-0.2, 0) is 32.1 Å². The Balaban J connectivity index is 1.68. The van der Waals surface area contributed by atoms with Crippen molar-refractivity contribution in [1.29, 1.82) is 0 Å². The lowest BCUT2D eigenvalue weighted by molar-refractivity contribution is -0.148. The number of ketones is 1. The van der Waals surface area contributed by atoms with Crippen molar-refractivity contribution in [2.75, 3.05) is 0 Å². The monoisotopic (exact) mass is 420 g/mol. The van der Waals surface area contributed by atoms with Crippen LogP contribution in [0.5, 0.6) is 0 Å². The van der Waals surface area contributed by atoms with Gasteiger partial charge in [0, 0.05) is 12.6 Å². The zero-order valence-corrected chi connectivity index (χ0v) is 17.2. The van der Waals surface area contributed by atoms with Crippen molar-refractivity contribution in [3.63, 3.8) is 0 Å². The predicted octanol–water partition coefficient (Wildman–Crippen LogP) is 3.73. The van der Waals surface area contributed by atoms with Crippen molar-refractivity contribution in [2.24, 2.45) is 4.99 Å². The molecule has 0 aliphatic carbocycles. The minimum Gasteiger partial charge on any atom is -0.445 e. The van der Waals surface area contributed by atoms with Gasteiger partial charge in [-0.1, -0.05) is 67.6 Å². The largest absolute Gasteiger partial charge is 0.445 e. The van der Waals surface area contributed by atoms with Crippen molar-refractivity contribution >= 4 is 23.7 Å². The summed E-state index contributed by atoms with van der Waals surface area (Å²) >= 11 is 0. The lowest BCUT2D eigenvalue weighted by Crippen LogP contribution is -2.44. The van der Waals surface area contributed by atoms with Gasteiger partial charge in [-0.05, 0) is 29.5 Å². The molecule has 160 valence electrons. The second-order valence-corrected chi connectivity index (χ2v) is 7.05. The Hall–Kier alpha value is -3.74. The lowest BCUT2D eigenvalue weighted by atomic mass is 9.98. The van der Waals surface area contributed by atoms with Gasteiger partial charge in [0.1, 0.15) is 12.6 Å². The summed E-state index contributed by atoms with van der Waals surface area (Å²) in [6.45, 7) is 1.67. The molecular weight excluding hydrogens is 396 g/mol. The normalized spacial score (nSPS) is 15.3. The first kappa shape index (κ1) is 22.0. The van der Waals surface area contributed by atoms with Crippen LogP contribution in [0.15, 0.2) is 77.4 Å². The molecule has 0 spiro atoms. The minimum absolute atomic E-state index is 0.0262. The van der Waals surface area contributed by atoms with E-state index in [0.717, 1.165) is 16.7 Å². The number of hydrogen-bond donors (Lipinski definition) is 1. The third-order valence-electron chi connectivity index (χ3n) is 4.66. The molecule has 0 radical (unpaired) electrons. The van der Waals surface area contributed by atoms with Crippen LogP contribution in [0.1, 0.15) is 30.9 Å². The minimum atomic E-state index is -0.995. The number of hydrogen-bond acceptors (Lipinski definition) is 6. The molecular formula is C24H24N2O5. The fourth-order valence-corrected chi connectivity index (χ4v) is 3.04. The molecule has 0 saturated heterocycles. The number of nitrogens with zero attached hydrogens (tertiary/aromatic N) is 1. The number of ether oxygens (including phenoxy) is 2. The third-order valence-corrected chi connectivity index (χ3v) is 4.66. The molecule has 1 N–H and O–H groups in total. The van der Waals surface area contributed by atoms with E-state index in [-0.39, 0.29) is 18.9 Å². The van der Waals surface area contributed by atoms with Gasteiger partial charge >= 0.3 is 12.1 Å². The summed E-state index contributed by atoms with van der Waals surface area (Å²) in [6.07, 6.45) is 1.98. The molecule has 0 fully saturated rings. The van der Waals surface area contributed by atoms with Crippen LogP contribution < -0.4 is 5.32 Å². The quantitative estimate of drug-likeness (QED) is 0.544. The molecule has 1 amide bonds. The van der Waals surface area contributed by atoms with E-state index in [9.17, 15) is 14.4 Å². The lowest BCUT2D eigenvalue weighted by Gasteiger charge is -2.23.